The molecule has 0 aromatic carbocycles. The molecular formula is C14H21N3O4. The molecule has 7 heteroatoms. The van der Waals surface area contributed by atoms with Crippen molar-refractivity contribution >= 4 is 11.9 Å². The van der Waals surface area contributed by atoms with Crippen LogP contribution in [-0.2, 0) is 22.5 Å². The molecular weight excluding hydrogens is 274 g/mol. The molecule has 2 atom stereocenters. The Bertz CT molecular complexity index is 540. The number of aromatic nitrogens is 2. The maximum absolute atomic E-state index is 12.6. The number of aryl methyl sites for hydroxylation is 2. The molecule has 1 amide bonds. The molecule has 7 nitrogen and oxygen atoms in total. The molecule has 2 heterocycles. The first-order chi connectivity index (χ1) is 9.99. The van der Waals surface area contributed by atoms with Gasteiger partial charge in [0.05, 0.1) is 24.9 Å². The summed E-state index contributed by atoms with van der Waals surface area (Å²) in [5, 5.41) is 13.5. The van der Waals surface area contributed by atoms with E-state index in [-0.39, 0.29) is 19.1 Å². The highest BCUT2D eigenvalue weighted by molar-refractivity contribution is 5.93. The SMILES string of the molecule is CCc1cc(C(=O)N(C)C2COCC2C(=O)O)n(CC)n1. The standard InChI is InChI=1S/C14H21N3O4/c1-4-9-6-11(17(5-2)15-9)13(18)16(3)12-8-21-7-10(12)14(19)20/h6,10,12H,4-5,7-8H2,1-3H3,(H,19,20). The zero-order valence-corrected chi connectivity index (χ0v) is 12.6. The fraction of sp³-hybridized carbons (Fsp3) is 0.643. The Morgan fingerprint density at radius 3 is 2.76 bits per heavy atom. The van der Waals surface area contributed by atoms with E-state index in [1.165, 1.54) is 4.90 Å². The third-order valence-corrected chi connectivity index (χ3v) is 3.90. The van der Waals surface area contributed by atoms with Crippen molar-refractivity contribution < 1.29 is 19.4 Å². The first-order valence-electron chi connectivity index (χ1n) is 7.14. The van der Waals surface area contributed by atoms with Gasteiger partial charge in [-0.3, -0.25) is 14.3 Å². The second kappa shape index (κ2) is 6.26. The van der Waals surface area contributed by atoms with Crippen LogP contribution >= 0.6 is 0 Å². The number of likely N-dealkylation sites (N-methyl/N-ethyl adjacent to an activating group) is 1. The first-order valence-corrected chi connectivity index (χ1v) is 7.14. The van der Waals surface area contributed by atoms with E-state index in [0.717, 1.165) is 12.1 Å². The van der Waals surface area contributed by atoms with E-state index in [1.54, 1.807) is 17.8 Å². The summed E-state index contributed by atoms with van der Waals surface area (Å²) in [5.41, 5.74) is 1.35. The maximum Gasteiger partial charge on any atom is 0.311 e. The van der Waals surface area contributed by atoms with Gasteiger partial charge in [0.1, 0.15) is 11.6 Å². The third-order valence-electron chi connectivity index (χ3n) is 3.90. The molecule has 1 fully saturated rings. The van der Waals surface area contributed by atoms with Gasteiger partial charge in [-0.25, -0.2) is 0 Å². The van der Waals surface area contributed by atoms with Crippen LogP contribution in [0.2, 0.25) is 0 Å². The first kappa shape index (κ1) is 15.5. The molecule has 0 aliphatic carbocycles. The van der Waals surface area contributed by atoms with E-state index in [9.17, 15) is 14.7 Å². The molecule has 1 aromatic rings. The van der Waals surface area contributed by atoms with Gasteiger partial charge in [0.2, 0.25) is 0 Å². The number of amides is 1. The van der Waals surface area contributed by atoms with Crippen molar-refractivity contribution in [3.63, 3.8) is 0 Å². The Hall–Kier alpha value is -1.89. The summed E-state index contributed by atoms with van der Waals surface area (Å²) in [6.45, 7) is 4.89. The smallest absolute Gasteiger partial charge is 0.311 e. The number of nitrogens with zero attached hydrogens (tertiary/aromatic N) is 3. The highest BCUT2D eigenvalue weighted by Crippen LogP contribution is 2.21. The van der Waals surface area contributed by atoms with Crippen LogP contribution in [0.1, 0.15) is 30.0 Å². The summed E-state index contributed by atoms with van der Waals surface area (Å²) >= 11 is 0. The van der Waals surface area contributed by atoms with Crippen molar-refractivity contribution in [2.24, 2.45) is 5.92 Å². The Kier molecular flexibility index (Phi) is 4.62. The Balaban J connectivity index is 2.23. The number of hydrogen-bond acceptors (Lipinski definition) is 4. The van der Waals surface area contributed by atoms with Gasteiger partial charge in [-0.2, -0.15) is 5.10 Å². The molecule has 21 heavy (non-hydrogen) atoms. The van der Waals surface area contributed by atoms with Crippen molar-refractivity contribution in [3.05, 3.63) is 17.5 Å². The zero-order valence-electron chi connectivity index (χ0n) is 12.6. The van der Waals surface area contributed by atoms with Gasteiger partial charge in [-0.15, -0.1) is 0 Å². The second-order valence-corrected chi connectivity index (χ2v) is 5.16. The van der Waals surface area contributed by atoms with E-state index in [4.69, 9.17) is 4.74 Å². The predicted molar refractivity (Wildman–Crippen MR) is 75.1 cm³/mol. The average molecular weight is 295 g/mol. The number of carboxylic acids is 1. The molecule has 1 N–H and O–H groups in total. The molecule has 2 unspecified atom stereocenters. The van der Waals surface area contributed by atoms with Crippen molar-refractivity contribution in [2.45, 2.75) is 32.9 Å². The topological polar surface area (TPSA) is 84.7 Å². The van der Waals surface area contributed by atoms with E-state index < -0.39 is 17.9 Å². The number of carbonyl (C=O) groups excluding carboxylic acids is 1. The molecule has 0 spiro atoms. The lowest BCUT2D eigenvalue weighted by atomic mass is 10.0. The van der Waals surface area contributed by atoms with Crippen LogP contribution in [0.5, 0.6) is 0 Å². The van der Waals surface area contributed by atoms with Crippen molar-refractivity contribution in [1.82, 2.24) is 14.7 Å². The summed E-state index contributed by atoms with van der Waals surface area (Å²) in [6.07, 6.45) is 0.751. The van der Waals surface area contributed by atoms with Gasteiger partial charge in [-0.1, -0.05) is 6.92 Å². The van der Waals surface area contributed by atoms with Crippen LogP contribution in [0.3, 0.4) is 0 Å². The minimum atomic E-state index is -0.935. The van der Waals surface area contributed by atoms with Crippen LogP contribution in [-0.4, -0.2) is 58.0 Å². The van der Waals surface area contributed by atoms with Gasteiger partial charge in [0.15, 0.2) is 0 Å². The number of carbonyl (C=O) groups is 2. The van der Waals surface area contributed by atoms with Crippen LogP contribution in [0.4, 0.5) is 0 Å². The quantitative estimate of drug-likeness (QED) is 0.861. The summed E-state index contributed by atoms with van der Waals surface area (Å²) in [4.78, 5) is 25.3. The maximum atomic E-state index is 12.6. The van der Waals surface area contributed by atoms with Crippen molar-refractivity contribution in [3.8, 4) is 0 Å². The number of rotatable bonds is 5. The van der Waals surface area contributed by atoms with Gasteiger partial charge in [0.25, 0.3) is 5.91 Å². The molecule has 2 rings (SSSR count). The molecule has 0 saturated carbocycles. The second-order valence-electron chi connectivity index (χ2n) is 5.16. The van der Waals surface area contributed by atoms with Crippen molar-refractivity contribution in [2.75, 3.05) is 20.3 Å². The summed E-state index contributed by atoms with van der Waals surface area (Å²) < 4.78 is 6.88. The Morgan fingerprint density at radius 1 is 1.48 bits per heavy atom. The molecule has 1 aromatic heterocycles. The van der Waals surface area contributed by atoms with Crippen molar-refractivity contribution in [1.29, 1.82) is 0 Å². The lowest BCUT2D eigenvalue weighted by molar-refractivity contribution is -0.142. The minimum absolute atomic E-state index is 0.144. The van der Waals surface area contributed by atoms with Crippen LogP contribution in [0.15, 0.2) is 6.07 Å². The van der Waals surface area contributed by atoms with Gasteiger partial charge in [-0.05, 0) is 19.4 Å². The number of aliphatic carboxylic acids is 1. The van der Waals surface area contributed by atoms with Gasteiger partial charge < -0.3 is 14.7 Å². The largest absolute Gasteiger partial charge is 0.481 e. The third kappa shape index (κ3) is 2.92. The lowest BCUT2D eigenvalue weighted by Crippen LogP contribution is -2.44. The molecule has 1 aliphatic heterocycles. The molecule has 1 aliphatic rings. The average Bonchev–Trinajstić information content (AvgIpc) is 3.11. The Morgan fingerprint density at radius 2 is 2.19 bits per heavy atom. The van der Waals surface area contributed by atoms with E-state index in [2.05, 4.69) is 5.10 Å². The zero-order chi connectivity index (χ0) is 15.6. The Labute approximate surface area is 123 Å². The molecule has 0 bridgehead atoms. The van der Waals surface area contributed by atoms with E-state index in [1.807, 2.05) is 13.8 Å². The number of ether oxygens (including phenoxy) is 1. The lowest BCUT2D eigenvalue weighted by Gasteiger charge is -2.26. The number of hydrogen-bond donors (Lipinski definition) is 1. The van der Waals surface area contributed by atoms with E-state index in [0.29, 0.717) is 12.2 Å². The predicted octanol–water partition coefficient (Wildman–Crippen LogP) is 0.637. The minimum Gasteiger partial charge on any atom is -0.481 e. The fourth-order valence-corrected chi connectivity index (χ4v) is 2.55. The van der Waals surface area contributed by atoms with Crippen LogP contribution < -0.4 is 0 Å². The van der Waals surface area contributed by atoms with Gasteiger partial charge in [0, 0.05) is 13.6 Å². The van der Waals surface area contributed by atoms with Gasteiger partial charge >= 0.3 is 5.97 Å². The molecule has 1 saturated heterocycles. The summed E-state index contributed by atoms with van der Waals surface area (Å²) in [5.74, 6) is -1.83. The monoisotopic (exact) mass is 295 g/mol. The normalized spacial score (nSPS) is 21.5. The molecule has 116 valence electrons. The summed E-state index contributed by atoms with van der Waals surface area (Å²) in [6, 6.07) is 1.33. The highest BCUT2D eigenvalue weighted by atomic mass is 16.5. The summed E-state index contributed by atoms with van der Waals surface area (Å²) in [7, 11) is 1.62. The fourth-order valence-electron chi connectivity index (χ4n) is 2.55. The highest BCUT2D eigenvalue weighted by Gasteiger charge is 2.39. The van der Waals surface area contributed by atoms with E-state index >= 15 is 0 Å². The van der Waals surface area contributed by atoms with Crippen LogP contribution in [0, 0.1) is 5.92 Å². The molecule has 0 radical (unpaired) electrons. The number of carboxylic acid groups (broad SMARTS) is 1. The van der Waals surface area contributed by atoms with Crippen LogP contribution in [0.25, 0.3) is 0 Å².